The molecule has 2 aromatic rings. The number of amides is 1. The van der Waals surface area contributed by atoms with E-state index in [0.29, 0.717) is 6.07 Å². The molecular formula is C15H13F6N5O. The van der Waals surface area contributed by atoms with Crippen molar-refractivity contribution in [2.75, 3.05) is 6.54 Å². The Hall–Kier alpha value is -2.63. The fraction of sp³-hybridized carbons (Fsp3) is 0.400. The predicted molar refractivity (Wildman–Crippen MR) is 79.1 cm³/mol. The van der Waals surface area contributed by atoms with Crippen LogP contribution in [0.1, 0.15) is 33.1 Å². The first-order chi connectivity index (χ1) is 12.5. The Morgan fingerprint density at radius 3 is 2.37 bits per heavy atom. The van der Waals surface area contributed by atoms with Gasteiger partial charge in [-0.1, -0.05) is 6.07 Å². The second-order valence-electron chi connectivity index (χ2n) is 6.03. The third-order valence-electron chi connectivity index (χ3n) is 4.18. The Morgan fingerprint density at radius 1 is 1.07 bits per heavy atom. The first-order valence-electron chi connectivity index (χ1n) is 7.68. The van der Waals surface area contributed by atoms with Gasteiger partial charge in [-0.3, -0.25) is 9.69 Å². The highest BCUT2D eigenvalue weighted by atomic mass is 19.4. The van der Waals surface area contributed by atoms with E-state index in [0.717, 1.165) is 10.6 Å². The summed E-state index contributed by atoms with van der Waals surface area (Å²) in [6.45, 7) is -0.277. The Morgan fingerprint density at radius 2 is 1.78 bits per heavy atom. The molecule has 0 spiro atoms. The van der Waals surface area contributed by atoms with Crippen molar-refractivity contribution in [3.05, 3.63) is 46.5 Å². The van der Waals surface area contributed by atoms with E-state index in [2.05, 4.69) is 10.2 Å². The largest absolute Gasteiger partial charge is 0.451 e. The molecule has 0 unspecified atom stereocenters. The Kier molecular flexibility index (Phi) is 4.62. The van der Waals surface area contributed by atoms with Gasteiger partial charge in [0.1, 0.15) is 5.82 Å². The van der Waals surface area contributed by atoms with E-state index < -0.39 is 29.6 Å². The number of primary amides is 1. The molecule has 1 aliphatic heterocycles. The third-order valence-corrected chi connectivity index (χ3v) is 4.18. The summed E-state index contributed by atoms with van der Waals surface area (Å²) in [5.41, 5.74) is 3.62. The van der Waals surface area contributed by atoms with Crippen LogP contribution >= 0.6 is 0 Å². The van der Waals surface area contributed by atoms with Gasteiger partial charge in [-0.2, -0.15) is 26.3 Å². The maximum absolute atomic E-state index is 13.3. The van der Waals surface area contributed by atoms with Crippen LogP contribution in [0.25, 0.3) is 0 Å². The quantitative estimate of drug-likeness (QED) is 0.813. The number of hydrogen-bond acceptors (Lipinski definition) is 4. The topological polar surface area (TPSA) is 77.0 Å². The average Bonchev–Trinajstić information content (AvgIpc) is 2.97. The van der Waals surface area contributed by atoms with E-state index in [-0.39, 0.29) is 43.1 Å². The molecular weight excluding hydrogens is 380 g/mol. The van der Waals surface area contributed by atoms with Crippen LogP contribution in [-0.4, -0.2) is 32.1 Å². The Labute approximate surface area is 148 Å². The molecule has 0 radical (unpaired) electrons. The van der Waals surface area contributed by atoms with E-state index in [4.69, 9.17) is 5.73 Å². The molecule has 0 atom stereocenters. The lowest BCUT2D eigenvalue weighted by Crippen LogP contribution is -2.35. The minimum atomic E-state index is -4.71. The Bertz CT molecular complexity index is 873. The van der Waals surface area contributed by atoms with Crippen LogP contribution in [0.2, 0.25) is 0 Å². The molecule has 6 nitrogen and oxygen atoms in total. The number of carbonyl (C=O) groups excluding carboxylic acids is 1. The summed E-state index contributed by atoms with van der Waals surface area (Å²) >= 11 is 0. The second kappa shape index (κ2) is 6.51. The maximum Gasteiger partial charge on any atom is 0.451 e. The monoisotopic (exact) mass is 393 g/mol. The van der Waals surface area contributed by atoms with Gasteiger partial charge in [0.15, 0.2) is 0 Å². The molecule has 2 N–H and O–H groups in total. The van der Waals surface area contributed by atoms with Crippen LogP contribution in [-0.2, 0) is 32.0 Å². The molecule has 1 aromatic carbocycles. The molecule has 0 saturated carbocycles. The minimum absolute atomic E-state index is 0.0240. The lowest BCUT2D eigenvalue weighted by Gasteiger charge is -2.28. The van der Waals surface area contributed by atoms with Crippen LogP contribution in [0.15, 0.2) is 18.2 Å². The summed E-state index contributed by atoms with van der Waals surface area (Å²) in [7, 11) is 0. The standard InChI is InChI=1S/C15H13F6N5O/c16-14(17,18)10-5-8(12(22)27)1-2-9(10)6-25-3-4-26-11(7-25)23-24-13(26)15(19,20)21/h1-2,5H,3-4,6-7H2,(H2,22,27). The second-order valence-corrected chi connectivity index (χ2v) is 6.03. The number of carbonyl (C=O) groups is 1. The molecule has 0 saturated heterocycles. The number of benzene rings is 1. The number of fused-ring (bicyclic) bond motifs is 1. The lowest BCUT2D eigenvalue weighted by atomic mass is 10.0. The van der Waals surface area contributed by atoms with Crippen molar-refractivity contribution in [2.45, 2.75) is 32.0 Å². The molecule has 2 heterocycles. The zero-order valence-corrected chi connectivity index (χ0v) is 13.6. The molecule has 0 bridgehead atoms. The van der Waals surface area contributed by atoms with Crippen LogP contribution in [0, 0.1) is 0 Å². The van der Waals surface area contributed by atoms with Gasteiger partial charge in [-0.05, 0) is 17.7 Å². The SMILES string of the molecule is NC(=O)c1ccc(CN2CCn3c(nnc3C(F)(F)F)C2)c(C(F)(F)F)c1. The summed E-state index contributed by atoms with van der Waals surface area (Å²) < 4.78 is 79.3. The number of nitrogens with zero attached hydrogens (tertiary/aromatic N) is 4. The van der Waals surface area contributed by atoms with Gasteiger partial charge in [0, 0.05) is 25.2 Å². The van der Waals surface area contributed by atoms with E-state index in [1.165, 1.54) is 11.0 Å². The summed E-state index contributed by atoms with van der Waals surface area (Å²) in [6, 6.07) is 3.00. The smallest absolute Gasteiger partial charge is 0.366 e. The van der Waals surface area contributed by atoms with Crippen molar-refractivity contribution in [2.24, 2.45) is 5.73 Å². The van der Waals surface area contributed by atoms with Gasteiger partial charge >= 0.3 is 12.4 Å². The fourth-order valence-electron chi connectivity index (χ4n) is 2.92. The van der Waals surface area contributed by atoms with Crippen LogP contribution in [0.5, 0.6) is 0 Å². The van der Waals surface area contributed by atoms with Crippen molar-refractivity contribution in [1.29, 1.82) is 0 Å². The van der Waals surface area contributed by atoms with Crippen LogP contribution in [0.4, 0.5) is 26.3 Å². The molecule has 12 heteroatoms. The van der Waals surface area contributed by atoms with E-state index in [1.54, 1.807) is 0 Å². The van der Waals surface area contributed by atoms with Crippen LogP contribution < -0.4 is 5.73 Å². The normalized spacial score (nSPS) is 15.6. The molecule has 27 heavy (non-hydrogen) atoms. The fourth-order valence-corrected chi connectivity index (χ4v) is 2.92. The first kappa shape index (κ1) is 19.1. The maximum atomic E-state index is 13.3. The Balaban J connectivity index is 1.85. The third kappa shape index (κ3) is 3.89. The van der Waals surface area contributed by atoms with Crippen LogP contribution in [0.3, 0.4) is 0 Å². The number of hydrogen-bond donors (Lipinski definition) is 1. The van der Waals surface area contributed by atoms with Gasteiger partial charge in [0.05, 0.1) is 12.1 Å². The zero-order chi connectivity index (χ0) is 20.0. The highest BCUT2D eigenvalue weighted by molar-refractivity contribution is 5.93. The highest BCUT2D eigenvalue weighted by Crippen LogP contribution is 2.34. The summed E-state index contributed by atoms with van der Waals surface area (Å²) in [5.74, 6) is -2.09. The number of halogens is 6. The predicted octanol–water partition coefficient (Wildman–Crippen LogP) is 2.43. The summed E-state index contributed by atoms with van der Waals surface area (Å²) in [4.78, 5) is 12.7. The van der Waals surface area contributed by atoms with Crippen molar-refractivity contribution >= 4 is 5.91 Å². The van der Waals surface area contributed by atoms with E-state index in [1.807, 2.05) is 0 Å². The lowest BCUT2D eigenvalue weighted by molar-refractivity contribution is -0.148. The van der Waals surface area contributed by atoms with Gasteiger partial charge in [0.25, 0.3) is 0 Å². The van der Waals surface area contributed by atoms with Crippen molar-refractivity contribution in [3.63, 3.8) is 0 Å². The molecule has 1 amide bonds. The molecule has 3 rings (SSSR count). The summed E-state index contributed by atoms with van der Waals surface area (Å²) in [5, 5.41) is 6.62. The van der Waals surface area contributed by atoms with Gasteiger partial charge in [0.2, 0.25) is 11.7 Å². The molecule has 1 aliphatic rings. The van der Waals surface area contributed by atoms with Gasteiger partial charge in [-0.25, -0.2) is 0 Å². The average molecular weight is 393 g/mol. The van der Waals surface area contributed by atoms with E-state index in [9.17, 15) is 31.1 Å². The summed E-state index contributed by atoms with van der Waals surface area (Å²) in [6.07, 6.45) is -9.36. The van der Waals surface area contributed by atoms with Crippen molar-refractivity contribution < 1.29 is 31.1 Å². The van der Waals surface area contributed by atoms with Crippen molar-refractivity contribution in [3.8, 4) is 0 Å². The number of aromatic nitrogens is 3. The van der Waals surface area contributed by atoms with Crippen molar-refractivity contribution in [1.82, 2.24) is 19.7 Å². The molecule has 1 aromatic heterocycles. The minimum Gasteiger partial charge on any atom is -0.366 e. The number of rotatable bonds is 3. The van der Waals surface area contributed by atoms with Gasteiger partial charge in [-0.15, -0.1) is 10.2 Å². The molecule has 146 valence electrons. The number of alkyl halides is 6. The highest BCUT2D eigenvalue weighted by Gasteiger charge is 2.40. The van der Waals surface area contributed by atoms with Gasteiger partial charge < -0.3 is 10.3 Å². The zero-order valence-electron chi connectivity index (χ0n) is 13.6. The first-order valence-corrected chi connectivity index (χ1v) is 7.68. The van der Waals surface area contributed by atoms with E-state index >= 15 is 0 Å². The number of nitrogens with two attached hydrogens (primary N) is 1. The molecule has 0 aliphatic carbocycles. The molecule has 0 fully saturated rings.